The molecule has 0 saturated carbocycles. The van der Waals surface area contributed by atoms with Gasteiger partial charge >= 0.3 is 0 Å². The lowest BCUT2D eigenvalue weighted by Gasteiger charge is -2.15. The molecule has 0 fully saturated rings. The van der Waals surface area contributed by atoms with Gasteiger partial charge in [0.2, 0.25) is 6.79 Å². The Hall–Kier alpha value is -3.87. The smallest absolute Gasteiger partial charge is 0.265 e. The molecule has 3 aromatic carbocycles. The average Bonchev–Trinajstić information content (AvgIpc) is 3.22. The van der Waals surface area contributed by atoms with Crippen LogP contribution in [0.5, 0.6) is 17.2 Å². The number of hydrogen-bond donors (Lipinski definition) is 1. The van der Waals surface area contributed by atoms with Gasteiger partial charge in [0.15, 0.2) is 23.4 Å². The SMILES string of the molecule is C[C@H](Oc1ccc(C(=O)c2ccc(F)cc2)cc1)C(=O)Nc1ccc2c(c1)OCO2. The molecule has 1 atom stereocenters. The first-order valence-electron chi connectivity index (χ1n) is 9.27. The molecule has 0 spiro atoms. The monoisotopic (exact) mass is 407 g/mol. The van der Waals surface area contributed by atoms with Crippen molar-refractivity contribution in [3.8, 4) is 17.2 Å². The summed E-state index contributed by atoms with van der Waals surface area (Å²) in [6.07, 6.45) is -0.769. The number of hydrogen-bond acceptors (Lipinski definition) is 5. The molecule has 30 heavy (non-hydrogen) atoms. The normalized spacial score (nSPS) is 12.9. The van der Waals surface area contributed by atoms with E-state index in [2.05, 4.69) is 5.32 Å². The number of fused-ring (bicyclic) bond motifs is 1. The van der Waals surface area contributed by atoms with E-state index in [0.717, 1.165) is 0 Å². The van der Waals surface area contributed by atoms with E-state index < -0.39 is 11.9 Å². The van der Waals surface area contributed by atoms with Crippen molar-refractivity contribution in [2.24, 2.45) is 0 Å². The maximum Gasteiger partial charge on any atom is 0.265 e. The highest BCUT2D eigenvalue weighted by atomic mass is 19.1. The maximum absolute atomic E-state index is 13.0. The van der Waals surface area contributed by atoms with E-state index in [4.69, 9.17) is 14.2 Å². The number of carbonyl (C=O) groups is 2. The van der Waals surface area contributed by atoms with Crippen molar-refractivity contribution in [2.45, 2.75) is 13.0 Å². The molecule has 1 aliphatic heterocycles. The molecule has 6 nitrogen and oxygen atoms in total. The fourth-order valence-electron chi connectivity index (χ4n) is 2.93. The minimum atomic E-state index is -0.769. The van der Waals surface area contributed by atoms with Gasteiger partial charge in [0, 0.05) is 22.9 Å². The summed E-state index contributed by atoms with van der Waals surface area (Å²) in [6, 6.07) is 16.9. The van der Waals surface area contributed by atoms with Gasteiger partial charge < -0.3 is 19.5 Å². The van der Waals surface area contributed by atoms with E-state index in [1.165, 1.54) is 24.3 Å². The van der Waals surface area contributed by atoms with E-state index >= 15 is 0 Å². The summed E-state index contributed by atoms with van der Waals surface area (Å²) in [6.45, 7) is 1.78. The zero-order valence-corrected chi connectivity index (χ0v) is 16.1. The van der Waals surface area contributed by atoms with Crippen LogP contribution in [0.1, 0.15) is 22.8 Å². The van der Waals surface area contributed by atoms with Crippen molar-refractivity contribution in [1.29, 1.82) is 0 Å². The molecular formula is C23H18FNO5. The predicted molar refractivity (Wildman–Crippen MR) is 108 cm³/mol. The second kappa shape index (κ2) is 8.24. The molecule has 0 bridgehead atoms. The number of nitrogens with one attached hydrogen (secondary N) is 1. The molecule has 1 aliphatic rings. The first-order chi connectivity index (χ1) is 14.5. The highest BCUT2D eigenvalue weighted by Crippen LogP contribution is 2.34. The lowest BCUT2D eigenvalue weighted by atomic mass is 10.0. The Bertz CT molecular complexity index is 1080. The molecule has 1 N–H and O–H groups in total. The largest absolute Gasteiger partial charge is 0.481 e. The molecule has 0 radical (unpaired) electrons. The Morgan fingerprint density at radius 2 is 1.57 bits per heavy atom. The van der Waals surface area contributed by atoms with Crippen LogP contribution in [-0.2, 0) is 4.79 Å². The van der Waals surface area contributed by atoms with Crippen LogP contribution < -0.4 is 19.5 Å². The van der Waals surface area contributed by atoms with Crippen molar-refractivity contribution < 1.29 is 28.2 Å². The molecule has 0 saturated heterocycles. The van der Waals surface area contributed by atoms with Gasteiger partial charge in [0.1, 0.15) is 11.6 Å². The second-order valence-corrected chi connectivity index (χ2v) is 6.68. The fraction of sp³-hybridized carbons (Fsp3) is 0.130. The van der Waals surface area contributed by atoms with Gasteiger partial charge in [-0.15, -0.1) is 0 Å². The van der Waals surface area contributed by atoms with Crippen molar-refractivity contribution >= 4 is 17.4 Å². The highest BCUT2D eigenvalue weighted by Gasteiger charge is 2.18. The van der Waals surface area contributed by atoms with Crippen molar-refractivity contribution in [2.75, 3.05) is 12.1 Å². The Balaban J connectivity index is 1.37. The summed E-state index contributed by atoms with van der Waals surface area (Å²) in [7, 11) is 0. The van der Waals surface area contributed by atoms with Crippen LogP contribution in [0, 0.1) is 5.82 Å². The molecule has 3 aromatic rings. The Morgan fingerprint density at radius 1 is 0.933 bits per heavy atom. The number of ether oxygens (including phenoxy) is 3. The maximum atomic E-state index is 13.0. The number of halogens is 1. The highest BCUT2D eigenvalue weighted by molar-refractivity contribution is 6.09. The molecule has 1 amide bonds. The predicted octanol–water partition coefficient (Wildman–Crippen LogP) is 4.19. The van der Waals surface area contributed by atoms with Gasteiger partial charge in [-0.2, -0.15) is 0 Å². The zero-order chi connectivity index (χ0) is 21.1. The van der Waals surface area contributed by atoms with Gasteiger partial charge in [-0.1, -0.05) is 0 Å². The number of anilines is 1. The van der Waals surface area contributed by atoms with Crippen LogP contribution in [0.3, 0.4) is 0 Å². The van der Waals surface area contributed by atoms with Gasteiger partial charge in [0.05, 0.1) is 0 Å². The van der Waals surface area contributed by atoms with Crippen LogP contribution in [0.4, 0.5) is 10.1 Å². The van der Waals surface area contributed by atoms with Crippen LogP contribution in [0.2, 0.25) is 0 Å². The minimum absolute atomic E-state index is 0.159. The first-order valence-corrected chi connectivity index (χ1v) is 9.27. The molecule has 7 heteroatoms. The summed E-state index contributed by atoms with van der Waals surface area (Å²) in [5, 5.41) is 2.76. The summed E-state index contributed by atoms with van der Waals surface area (Å²) in [5.41, 5.74) is 1.40. The molecular weight excluding hydrogens is 389 g/mol. The number of carbonyl (C=O) groups excluding carboxylic acids is 2. The van der Waals surface area contributed by atoms with Crippen LogP contribution in [0.25, 0.3) is 0 Å². The van der Waals surface area contributed by atoms with Crippen molar-refractivity contribution in [3.63, 3.8) is 0 Å². The third-order valence-electron chi connectivity index (χ3n) is 4.55. The number of rotatable bonds is 6. The number of ketones is 1. The third-order valence-corrected chi connectivity index (χ3v) is 4.55. The Kier molecular flexibility index (Phi) is 5.34. The first kappa shape index (κ1) is 19.4. The second-order valence-electron chi connectivity index (χ2n) is 6.68. The van der Waals surface area contributed by atoms with Crippen molar-refractivity contribution in [1.82, 2.24) is 0 Å². The van der Waals surface area contributed by atoms with Gasteiger partial charge in [0.25, 0.3) is 5.91 Å². The third kappa shape index (κ3) is 4.25. The van der Waals surface area contributed by atoms with Crippen molar-refractivity contribution in [3.05, 3.63) is 83.7 Å². The van der Waals surface area contributed by atoms with E-state index in [0.29, 0.717) is 34.1 Å². The summed E-state index contributed by atoms with van der Waals surface area (Å²) >= 11 is 0. The van der Waals surface area contributed by atoms with Crippen LogP contribution >= 0.6 is 0 Å². The molecule has 0 aromatic heterocycles. The topological polar surface area (TPSA) is 73.9 Å². The van der Waals surface area contributed by atoms with Crippen LogP contribution in [-0.4, -0.2) is 24.6 Å². The summed E-state index contributed by atoms with van der Waals surface area (Å²) < 4.78 is 29.2. The summed E-state index contributed by atoms with van der Waals surface area (Å²) in [4.78, 5) is 24.8. The quantitative estimate of drug-likeness (QED) is 0.620. The molecule has 4 rings (SSSR count). The molecule has 0 aliphatic carbocycles. The van der Waals surface area contributed by atoms with E-state index in [1.807, 2.05) is 0 Å². The van der Waals surface area contributed by atoms with E-state index in [-0.39, 0.29) is 18.5 Å². The fourth-order valence-corrected chi connectivity index (χ4v) is 2.93. The average molecular weight is 407 g/mol. The minimum Gasteiger partial charge on any atom is -0.481 e. The molecule has 0 unspecified atom stereocenters. The number of benzene rings is 3. The Labute approximate surface area is 172 Å². The standard InChI is InChI=1S/C23H18FNO5/c1-14(23(27)25-18-8-11-20-21(12-18)29-13-28-20)30-19-9-4-16(5-10-19)22(26)15-2-6-17(24)7-3-15/h2-12,14H,13H2,1H3,(H,25,27)/t14-/m0/s1. The number of amides is 1. The van der Waals surface area contributed by atoms with Crippen LogP contribution in [0.15, 0.2) is 66.7 Å². The van der Waals surface area contributed by atoms with E-state index in [1.54, 1.807) is 49.4 Å². The lowest BCUT2D eigenvalue weighted by Crippen LogP contribution is -2.30. The van der Waals surface area contributed by atoms with Gasteiger partial charge in [-0.3, -0.25) is 9.59 Å². The van der Waals surface area contributed by atoms with E-state index in [9.17, 15) is 14.0 Å². The lowest BCUT2D eigenvalue weighted by molar-refractivity contribution is -0.122. The van der Waals surface area contributed by atoms with Gasteiger partial charge in [-0.25, -0.2) is 4.39 Å². The van der Waals surface area contributed by atoms with Gasteiger partial charge in [-0.05, 0) is 67.6 Å². The zero-order valence-electron chi connectivity index (χ0n) is 16.1. The molecule has 152 valence electrons. The Morgan fingerprint density at radius 3 is 2.27 bits per heavy atom. The summed E-state index contributed by atoms with van der Waals surface area (Å²) in [5.74, 6) is 0.688. The molecule has 1 heterocycles.